The highest BCUT2D eigenvalue weighted by Crippen LogP contribution is 2.26. The third kappa shape index (κ3) is 1.55. The molecule has 15 heavy (non-hydrogen) atoms. The van der Waals surface area contributed by atoms with Gasteiger partial charge in [-0.3, -0.25) is 4.98 Å². The van der Waals surface area contributed by atoms with Gasteiger partial charge in [0, 0.05) is 18.0 Å². The molecule has 3 rings (SSSR count). The predicted molar refractivity (Wildman–Crippen MR) is 57.3 cm³/mol. The number of nitrogens with zero attached hydrogens (tertiary/aromatic N) is 1. The molecule has 0 spiro atoms. The van der Waals surface area contributed by atoms with Crippen LogP contribution in [0.25, 0.3) is 11.3 Å². The van der Waals surface area contributed by atoms with Gasteiger partial charge in [-0.15, -0.1) is 0 Å². The van der Waals surface area contributed by atoms with E-state index in [2.05, 4.69) is 16.4 Å². The third-order valence-corrected chi connectivity index (χ3v) is 2.72. The number of furan rings is 1. The molecule has 3 nitrogen and oxygen atoms in total. The summed E-state index contributed by atoms with van der Waals surface area (Å²) in [6.07, 6.45) is 4.63. The van der Waals surface area contributed by atoms with E-state index in [1.54, 1.807) is 12.4 Å². The maximum atomic E-state index is 5.80. The van der Waals surface area contributed by atoms with Crippen molar-refractivity contribution in [2.75, 3.05) is 6.54 Å². The zero-order chi connectivity index (χ0) is 10.1. The second-order valence-electron chi connectivity index (χ2n) is 3.72. The zero-order valence-corrected chi connectivity index (χ0v) is 8.36. The summed E-state index contributed by atoms with van der Waals surface area (Å²) in [6, 6.07) is 6.08. The molecule has 0 unspecified atom stereocenters. The van der Waals surface area contributed by atoms with E-state index in [9.17, 15) is 0 Å². The molecule has 2 aromatic rings. The number of nitrogens with one attached hydrogen (secondary N) is 1. The van der Waals surface area contributed by atoms with Crippen molar-refractivity contribution in [3.05, 3.63) is 41.9 Å². The maximum Gasteiger partial charge on any atom is 0.134 e. The molecule has 0 radical (unpaired) electrons. The highest BCUT2D eigenvalue weighted by Gasteiger charge is 2.15. The number of hydrogen-bond donors (Lipinski definition) is 1. The minimum Gasteiger partial charge on any atom is -0.459 e. The Morgan fingerprint density at radius 2 is 2.13 bits per heavy atom. The lowest BCUT2D eigenvalue weighted by atomic mass is 10.1. The molecule has 1 aliphatic rings. The van der Waals surface area contributed by atoms with Crippen LogP contribution in [-0.2, 0) is 13.0 Å². The highest BCUT2D eigenvalue weighted by molar-refractivity contribution is 5.58. The summed E-state index contributed by atoms with van der Waals surface area (Å²) >= 11 is 0. The van der Waals surface area contributed by atoms with Crippen LogP contribution in [0.5, 0.6) is 0 Å². The fraction of sp³-hybridized carbons (Fsp3) is 0.250. The molecule has 0 amide bonds. The van der Waals surface area contributed by atoms with Gasteiger partial charge in [-0.1, -0.05) is 0 Å². The van der Waals surface area contributed by atoms with Gasteiger partial charge in [0.05, 0.1) is 6.54 Å². The Morgan fingerprint density at radius 1 is 1.27 bits per heavy atom. The Balaban J connectivity index is 2.03. The van der Waals surface area contributed by atoms with Gasteiger partial charge in [0.15, 0.2) is 0 Å². The summed E-state index contributed by atoms with van der Waals surface area (Å²) in [6.45, 7) is 1.89. The summed E-state index contributed by atoms with van der Waals surface area (Å²) < 4.78 is 5.80. The quantitative estimate of drug-likeness (QED) is 0.765. The Morgan fingerprint density at radius 3 is 2.93 bits per heavy atom. The van der Waals surface area contributed by atoms with E-state index in [0.29, 0.717) is 0 Å². The molecule has 1 aliphatic heterocycles. The van der Waals surface area contributed by atoms with Gasteiger partial charge >= 0.3 is 0 Å². The maximum absolute atomic E-state index is 5.80. The fourth-order valence-electron chi connectivity index (χ4n) is 1.91. The summed E-state index contributed by atoms with van der Waals surface area (Å²) in [5.41, 5.74) is 2.43. The van der Waals surface area contributed by atoms with Crippen molar-refractivity contribution in [3.8, 4) is 11.3 Å². The van der Waals surface area contributed by atoms with Crippen molar-refractivity contribution in [3.63, 3.8) is 0 Å². The van der Waals surface area contributed by atoms with E-state index in [4.69, 9.17) is 4.42 Å². The lowest BCUT2D eigenvalue weighted by molar-refractivity contribution is 0.472. The van der Waals surface area contributed by atoms with Crippen molar-refractivity contribution in [1.29, 1.82) is 0 Å². The number of pyridine rings is 1. The lowest BCUT2D eigenvalue weighted by Crippen LogP contribution is -2.22. The fourth-order valence-corrected chi connectivity index (χ4v) is 1.91. The van der Waals surface area contributed by atoms with E-state index in [1.165, 1.54) is 5.56 Å². The first-order chi connectivity index (χ1) is 7.43. The number of aromatic nitrogens is 1. The molecular formula is C12H12N2O. The highest BCUT2D eigenvalue weighted by atomic mass is 16.3. The standard InChI is InChI=1S/C12H12N2O/c1-4-13-5-2-9(1)11-7-10-3-6-14-8-12(10)15-11/h1-2,4-5,7,14H,3,6,8H2. The van der Waals surface area contributed by atoms with Crippen LogP contribution in [0.3, 0.4) is 0 Å². The molecule has 0 atom stereocenters. The first kappa shape index (κ1) is 8.68. The van der Waals surface area contributed by atoms with Crippen molar-refractivity contribution >= 4 is 0 Å². The summed E-state index contributed by atoms with van der Waals surface area (Å²) in [4.78, 5) is 4.00. The summed E-state index contributed by atoms with van der Waals surface area (Å²) in [5.74, 6) is 2.03. The number of hydrogen-bond acceptors (Lipinski definition) is 3. The topological polar surface area (TPSA) is 38.1 Å². The third-order valence-electron chi connectivity index (χ3n) is 2.72. The molecular weight excluding hydrogens is 188 g/mol. The number of fused-ring (bicyclic) bond motifs is 1. The normalized spacial score (nSPS) is 14.9. The van der Waals surface area contributed by atoms with Gasteiger partial charge in [0.2, 0.25) is 0 Å². The molecule has 0 saturated heterocycles. The Bertz CT molecular complexity index is 438. The first-order valence-electron chi connectivity index (χ1n) is 5.16. The molecule has 0 aliphatic carbocycles. The minimum absolute atomic E-state index is 0.848. The molecule has 1 N–H and O–H groups in total. The SMILES string of the molecule is c1cc(-c2cc3c(o2)CNCC3)ccn1. The van der Waals surface area contributed by atoms with Gasteiger partial charge in [-0.25, -0.2) is 0 Å². The Hall–Kier alpha value is -1.61. The molecule has 3 heteroatoms. The van der Waals surface area contributed by atoms with Crippen molar-refractivity contribution in [1.82, 2.24) is 10.3 Å². The Kier molecular flexibility index (Phi) is 2.03. The molecule has 2 aromatic heterocycles. The van der Waals surface area contributed by atoms with Crippen LogP contribution >= 0.6 is 0 Å². The van der Waals surface area contributed by atoms with Gasteiger partial charge in [0.25, 0.3) is 0 Å². The van der Waals surface area contributed by atoms with E-state index in [-0.39, 0.29) is 0 Å². The van der Waals surface area contributed by atoms with E-state index in [1.807, 2.05) is 12.1 Å². The zero-order valence-electron chi connectivity index (χ0n) is 8.36. The second-order valence-corrected chi connectivity index (χ2v) is 3.72. The van der Waals surface area contributed by atoms with Crippen LogP contribution in [0.1, 0.15) is 11.3 Å². The lowest BCUT2D eigenvalue weighted by Gasteiger charge is -2.09. The molecule has 76 valence electrons. The Labute approximate surface area is 88.1 Å². The average Bonchev–Trinajstić information content (AvgIpc) is 2.74. The van der Waals surface area contributed by atoms with Crippen molar-refractivity contribution in [2.24, 2.45) is 0 Å². The van der Waals surface area contributed by atoms with Crippen molar-refractivity contribution < 1.29 is 4.42 Å². The van der Waals surface area contributed by atoms with Gasteiger partial charge < -0.3 is 9.73 Å². The minimum atomic E-state index is 0.848. The second kappa shape index (κ2) is 3.51. The smallest absolute Gasteiger partial charge is 0.134 e. The van der Waals surface area contributed by atoms with Crippen LogP contribution in [0.4, 0.5) is 0 Å². The molecule has 0 saturated carbocycles. The largest absolute Gasteiger partial charge is 0.459 e. The van der Waals surface area contributed by atoms with Gasteiger partial charge in [0.1, 0.15) is 11.5 Å². The number of rotatable bonds is 1. The monoisotopic (exact) mass is 200 g/mol. The molecule has 0 aromatic carbocycles. The predicted octanol–water partition coefficient (Wildman–Crippen LogP) is 1.99. The van der Waals surface area contributed by atoms with Crippen LogP contribution in [-0.4, -0.2) is 11.5 Å². The van der Waals surface area contributed by atoms with E-state index < -0.39 is 0 Å². The molecule has 3 heterocycles. The first-order valence-corrected chi connectivity index (χ1v) is 5.16. The summed E-state index contributed by atoms with van der Waals surface area (Å²) in [7, 11) is 0. The van der Waals surface area contributed by atoms with Crippen LogP contribution in [0.15, 0.2) is 35.0 Å². The van der Waals surface area contributed by atoms with Crippen LogP contribution in [0.2, 0.25) is 0 Å². The average molecular weight is 200 g/mol. The molecule has 0 fully saturated rings. The van der Waals surface area contributed by atoms with Crippen molar-refractivity contribution in [2.45, 2.75) is 13.0 Å². The van der Waals surface area contributed by atoms with Crippen LogP contribution in [0, 0.1) is 0 Å². The molecule has 0 bridgehead atoms. The van der Waals surface area contributed by atoms with Gasteiger partial charge in [-0.05, 0) is 36.7 Å². The van der Waals surface area contributed by atoms with E-state index >= 15 is 0 Å². The van der Waals surface area contributed by atoms with Gasteiger partial charge in [-0.2, -0.15) is 0 Å². The van der Waals surface area contributed by atoms with E-state index in [0.717, 1.165) is 36.6 Å². The van der Waals surface area contributed by atoms with Crippen LogP contribution < -0.4 is 5.32 Å². The summed E-state index contributed by atoms with van der Waals surface area (Å²) in [5, 5.41) is 3.30.